The first kappa shape index (κ1) is 13.2. The molecule has 2 rings (SSSR count). The summed E-state index contributed by atoms with van der Waals surface area (Å²) in [6.07, 6.45) is 1.28. The minimum absolute atomic E-state index is 0.00978. The Morgan fingerprint density at radius 2 is 2.16 bits per heavy atom. The third kappa shape index (κ3) is 2.95. The van der Waals surface area contributed by atoms with Gasteiger partial charge in [-0.2, -0.15) is 15.4 Å². The zero-order valence-electron chi connectivity index (χ0n) is 9.91. The Kier molecular flexibility index (Phi) is 3.32. The zero-order valence-corrected chi connectivity index (χ0v) is 10.7. The second-order valence-electron chi connectivity index (χ2n) is 3.83. The molecule has 4 N–H and O–H groups in total. The van der Waals surface area contributed by atoms with Crippen LogP contribution in [0.4, 0.5) is 5.69 Å². The van der Waals surface area contributed by atoms with E-state index in [2.05, 4.69) is 20.7 Å². The lowest BCUT2D eigenvalue weighted by molar-refractivity contribution is 0.102. The standard InChI is InChI=1S/C10H11N5O3S/c1-6-4-7(19(11,17)18)2-3-8(6)13-10(16)9-5-12-15-14-9/h2-5H,1H3,(H,13,16)(H2,11,17,18)(H,12,14,15). The van der Waals surface area contributed by atoms with Crippen LogP contribution >= 0.6 is 0 Å². The van der Waals surface area contributed by atoms with Crippen molar-refractivity contribution in [3.8, 4) is 0 Å². The summed E-state index contributed by atoms with van der Waals surface area (Å²) in [6, 6.07) is 4.17. The SMILES string of the molecule is Cc1cc(S(N)(=O)=O)ccc1NC(=O)c1cn[nH]n1. The molecule has 0 aliphatic carbocycles. The molecule has 1 aromatic heterocycles. The van der Waals surface area contributed by atoms with Gasteiger partial charge in [-0.15, -0.1) is 0 Å². The number of benzene rings is 1. The van der Waals surface area contributed by atoms with Crippen molar-refractivity contribution in [2.45, 2.75) is 11.8 Å². The Balaban J connectivity index is 2.25. The Bertz CT molecular complexity index is 709. The molecule has 0 aliphatic heterocycles. The number of sulfonamides is 1. The van der Waals surface area contributed by atoms with Crippen molar-refractivity contribution in [1.29, 1.82) is 0 Å². The highest BCUT2D eigenvalue weighted by Crippen LogP contribution is 2.19. The van der Waals surface area contributed by atoms with Crippen LogP contribution in [0.25, 0.3) is 0 Å². The number of aromatic nitrogens is 3. The Morgan fingerprint density at radius 3 is 2.68 bits per heavy atom. The number of nitrogens with zero attached hydrogens (tertiary/aromatic N) is 2. The lowest BCUT2D eigenvalue weighted by atomic mass is 10.2. The number of carbonyl (C=O) groups excluding carboxylic acids is 1. The number of H-pyrrole nitrogens is 1. The number of anilines is 1. The molecule has 1 aromatic carbocycles. The van der Waals surface area contributed by atoms with E-state index in [1.54, 1.807) is 6.92 Å². The number of amides is 1. The molecule has 0 unspecified atom stereocenters. The van der Waals surface area contributed by atoms with Crippen LogP contribution in [0, 0.1) is 6.92 Å². The predicted octanol–water partition coefficient (Wildman–Crippen LogP) is 0.0128. The first-order valence-corrected chi connectivity index (χ1v) is 6.73. The van der Waals surface area contributed by atoms with Crippen LogP contribution in [0.2, 0.25) is 0 Å². The molecule has 9 heteroatoms. The van der Waals surface area contributed by atoms with Crippen molar-refractivity contribution in [2.75, 3.05) is 5.32 Å². The van der Waals surface area contributed by atoms with Crippen LogP contribution in [0.3, 0.4) is 0 Å². The summed E-state index contributed by atoms with van der Waals surface area (Å²) in [7, 11) is -3.75. The molecule has 19 heavy (non-hydrogen) atoms. The maximum Gasteiger partial charge on any atom is 0.277 e. The average Bonchev–Trinajstić information content (AvgIpc) is 2.84. The molecule has 0 bridgehead atoms. The first-order chi connectivity index (χ1) is 8.88. The van der Waals surface area contributed by atoms with Crippen LogP contribution in [0.1, 0.15) is 16.1 Å². The summed E-state index contributed by atoms with van der Waals surface area (Å²) < 4.78 is 22.3. The normalized spacial score (nSPS) is 11.3. The molecule has 0 spiro atoms. The van der Waals surface area contributed by atoms with Gasteiger partial charge in [0, 0.05) is 5.69 Å². The molecule has 0 radical (unpaired) electrons. The van der Waals surface area contributed by atoms with Crippen molar-refractivity contribution in [1.82, 2.24) is 15.4 Å². The number of hydrogen-bond acceptors (Lipinski definition) is 5. The van der Waals surface area contributed by atoms with E-state index in [1.165, 1.54) is 24.4 Å². The lowest BCUT2D eigenvalue weighted by Crippen LogP contribution is -2.15. The number of aromatic amines is 1. The van der Waals surface area contributed by atoms with Crippen LogP contribution in [-0.4, -0.2) is 29.7 Å². The summed E-state index contributed by atoms with van der Waals surface area (Å²) in [6.45, 7) is 1.66. The van der Waals surface area contributed by atoms with Crippen LogP contribution in [-0.2, 0) is 10.0 Å². The molecule has 0 saturated carbocycles. The van der Waals surface area contributed by atoms with Gasteiger partial charge in [0.2, 0.25) is 10.0 Å². The van der Waals surface area contributed by atoms with Crippen molar-refractivity contribution in [3.63, 3.8) is 0 Å². The fourth-order valence-corrected chi connectivity index (χ4v) is 2.05. The molecular formula is C10H11N5O3S. The van der Waals surface area contributed by atoms with Crippen molar-refractivity contribution in [2.24, 2.45) is 5.14 Å². The van der Waals surface area contributed by atoms with E-state index in [1.807, 2.05) is 0 Å². The number of nitrogens with one attached hydrogen (secondary N) is 2. The van der Waals surface area contributed by atoms with Crippen LogP contribution in [0.15, 0.2) is 29.3 Å². The number of aryl methyl sites for hydroxylation is 1. The highest BCUT2D eigenvalue weighted by molar-refractivity contribution is 7.89. The van der Waals surface area contributed by atoms with Gasteiger partial charge in [0.05, 0.1) is 11.1 Å². The number of nitrogens with two attached hydrogens (primary N) is 1. The van der Waals surface area contributed by atoms with Gasteiger partial charge in [-0.25, -0.2) is 13.6 Å². The third-order valence-corrected chi connectivity index (χ3v) is 3.33. The van der Waals surface area contributed by atoms with E-state index in [0.717, 1.165) is 0 Å². The van der Waals surface area contributed by atoms with Gasteiger partial charge in [0.25, 0.3) is 5.91 Å². The molecule has 100 valence electrons. The van der Waals surface area contributed by atoms with E-state index < -0.39 is 15.9 Å². The topological polar surface area (TPSA) is 131 Å². The first-order valence-electron chi connectivity index (χ1n) is 5.18. The quantitative estimate of drug-likeness (QED) is 0.729. The van der Waals surface area contributed by atoms with Gasteiger partial charge in [-0.1, -0.05) is 0 Å². The number of hydrogen-bond donors (Lipinski definition) is 3. The maximum absolute atomic E-state index is 11.7. The zero-order chi connectivity index (χ0) is 14.0. The maximum atomic E-state index is 11.7. The van der Waals surface area contributed by atoms with E-state index in [0.29, 0.717) is 11.3 Å². The van der Waals surface area contributed by atoms with Crippen LogP contribution < -0.4 is 10.5 Å². The summed E-state index contributed by atoms with van der Waals surface area (Å²) in [5.74, 6) is -0.444. The van der Waals surface area contributed by atoms with Crippen molar-refractivity contribution in [3.05, 3.63) is 35.7 Å². The summed E-state index contributed by atoms with van der Waals surface area (Å²) in [4.78, 5) is 11.7. The molecule has 8 nitrogen and oxygen atoms in total. The van der Waals surface area contributed by atoms with E-state index in [4.69, 9.17) is 5.14 Å². The van der Waals surface area contributed by atoms with Gasteiger partial charge in [-0.3, -0.25) is 4.79 Å². The average molecular weight is 281 g/mol. The summed E-state index contributed by atoms with van der Waals surface area (Å²) >= 11 is 0. The largest absolute Gasteiger partial charge is 0.320 e. The Labute approximate surface area is 109 Å². The molecular weight excluding hydrogens is 270 g/mol. The lowest BCUT2D eigenvalue weighted by Gasteiger charge is -2.08. The summed E-state index contributed by atoms with van der Waals surface area (Å²) in [5.41, 5.74) is 1.18. The number of carbonyl (C=O) groups is 1. The highest BCUT2D eigenvalue weighted by Gasteiger charge is 2.13. The molecule has 0 aliphatic rings. The second kappa shape index (κ2) is 4.78. The van der Waals surface area contributed by atoms with E-state index in [9.17, 15) is 13.2 Å². The van der Waals surface area contributed by atoms with Crippen LogP contribution in [0.5, 0.6) is 0 Å². The van der Waals surface area contributed by atoms with E-state index in [-0.39, 0.29) is 10.6 Å². The predicted molar refractivity (Wildman–Crippen MR) is 66.9 cm³/mol. The fraction of sp³-hybridized carbons (Fsp3) is 0.100. The van der Waals surface area contributed by atoms with Gasteiger partial charge in [0.1, 0.15) is 0 Å². The molecule has 2 aromatic rings. The van der Waals surface area contributed by atoms with Crippen molar-refractivity contribution >= 4 is 21.6 Å². The van der Waals surface area contributed by atoms with E-state index >= 15 is 0 Å². The van der Waals surface area contributed by atoms with Gasteiger partial charge < -0.3 is 5.32 Å². The molecule has 0 atom stereocenters. The minimum Gasteiger partial charge on any atom is -0.320 e. The highest BCUT2D eigenvalue weighted by atomic mass is 32.2. The van der Waals surface area contributed by atoms with Gasteiger partial charge >= 0.3 is 0 Å². The number of primary sulfonamides is 1. The molecule has 0 fully saturated rings. The van der Waals surface area contributed by atoms with Gasteiger partial charge in [-0.05, 0) is 30.7 Å². The second-order valence-corrected chi connectivity index (χ2v) is 5.39. The Hall–Kier alpha value is -2.26. The molecule has 1 amide bonds. The fourth-order valence-electron chi connectivity index (χ4n) is 1.45. The van der Waals surface area contributed by atoms with Crippen molar-refractivity contribution < 1.29 is 13.2 Å². The number of rotatable bonds is 3. The third-order valence-electron chi connectivity index (χ3n) is 2.42. The molecule has 0 saturated heterocycles. The van der Waals surface area contributed by atoms with Gasteiger partial charge in [0.15, 0.2) is 5.69 Å². The monoisotopic (exact) mass is 281 g/mol. The summed E-state index contributed by atoms with van der Waals surface area (Å²) in [5, 5.41) is 17.1. The molecule has 1 heterocycles. The smallest absolute Gasteiger partial charge is 0.277 e. The minimum atomic E-state index is -3.75. The Morgan fingerprint density at radius 1 is 1.42 bits per heavy atom.